The summed E-state index contributed by atoms with van der Waals surface area (Å²) in [6.07, 6.45) is 5.62. The van der Waals surface area contributed by atoms with Gasteiger partial charge in [-0.25, -0.2) is 0 Å². The maximum Gasteiger partial charge on any atom is 0.0249 e. The van der Waals surface area contributed by atoms with E-state index in [0.717, 1.165) is 18.5 Å². The van der Waals surface area contributed by atoms with Gasteiger partial charge in [0.15, 0.2) is 0 Å². The quantitative estimate of drug-likeness (QED) is 0.770. The lowest BCUT2D eigenvalue weighted by Gasteiger charge is -2.38. The van der Waals surface area contributed by atoms with Crippen molar-refractivity contribution in [1.82, 2.24) is 10.2 Å². The summed E-state index contributed by atoms with van der Waals surface area (Å²) < 4.78 is 0. The highest BCUT2D eigenvalue weighted by Crippen LogP contribution is 2.27. The van der Waals surface area contributed by atoms with Gasteiger partial charge in [-0.2, -0.15) is 0 Å². The van der Waals surface area contributed by atoms with E-state index in [0.29, 0.717) is 0 Å². The van der Waals surface area contributed by atoms with Crippen LogP contribution in [0, 0.1) is 5.92 Å². The number of rotatable bonds is 4. The number of likely N-dealkylation sites (N-methyl/N-ethyl adjacent to an activating group) is 2. The first-order valence-electron chi connectivity index (χ1n) is 6.34. The van der Waals surface area contributed by atoms with Crippen molar-refractivity contribution in [3.8, 4) is 0 Å². The van der Waals surface area contributed by atoms with Crippen molar-refractivity contribution in [1.29, 1.82) is 0 Å². The van der Waals surface area contributed by atoms with E-state index < -0.39 is 0 Å². The molecule has 0 aromatic heterocycles. The number of hydrogen-bond donors (Lipinski definition) is 1. The lowest BCUT2D eigenvalue weighted by molar-refractivity contribution is 0.133. The van der Waals surface area contributed by atoms with Crippen molar-refractivity contribution in [3.05, 3.63) is 0 Å². The molecular weight excluding hydrogens is 184 g/mol. The van der Waals surface area contributed by atoms with Gasteiger partial charge in [-0.15, -0.1) is 0 Å². The third kappa shape index (κ3) is 4.12. The van der Waals surface area contributed by atoms with Crippen LogP contribution in [0.1, 0.15) is 46.5 Å². The summed E-state index contributed by atoms with van der Waals surface area (Å²) in [5.41, 5.74) is 0.232. The first kappa shape index (κ1) is 13.0. The molecule has 1 aliphatic carbocycles. The Hall–Kier alpha value is -0.0800. The smallest absolute Gasteiger partial charge is 0.0249 e. The van der Waals surface area contributed by atoms with Gasteiger partial charge in [-0.05, 0) is 46.7 Å². The fraction of sp³-hybridized carbons (Fsp3) is 1.00. The standard InChI is InChI=1S/C13H28N2/c1-11-7-6-8-12(9-11)15(5)10-13(2,3)14-4/h11-12,14H,6-10H2,1-5H3. The molecule has 0 spiro atoms. The highest BCUT2D eigenvalue weighted by atomic mass is 15.2. The predicted molar refractivity (Wildman–Crippen MR) is 67.2 cm³/mol. The Morgan fingerprint density at radius 2 is 2.00 bits per heavy atom. The molecule has 0 aromatic rings. The minimum atomic E-state index is 0.232. The molecule has 90 valence electrons. The Kier molecular flexibility index (Phi) is 4.60. The zero-order chi connectivity index (χ0) is 11.5. The lowest BCUT2D eigenvalue weighted by atomic mass is 9.86. The summed E-state index contributed by atoms with van der Waals surface area (Å²) in [6.45, 7) is 8.08. The number of hydrogen-bond acceptors (Lipinski definition) is 2. The van der Waals surface area contributed by atoms with E-state index in [9.17, 15) is 0 Å². The van der Waals surface area contributed by atoms with Gasteiger partial charge in [-0.1, -0.05) is 19.8 Å². The Bertz CT molecular complexity index is 189. The molecule has 2 nitrogen and oxygen atoms in total. The van der Waals surface area contributed by atoms with Gasteiger partial charge in [0.1, 0.15) is 0 Å². The molecule has 0 heterocycles. The summed E-state index contributed by atoms with van der Waals surface area (Å²) in [7, 11) is 4.33. The first-order valence-corrected chi connectivity index (χ1v) is 6.34. The van der Waals surface area contributed by atoms with E-state index in [4.69, 9.17) is 0 Å². The SMILES string of the molecule is CNC(C)(C)CN(C)C1CCCC(C)C1. The normalized spacial score (nSPS) is 28.4. The Balaban J connectivity index is 2.42. The van der Waals surface area contributed by atoms with Gasteiger partial charge in [0.05, 0.1) is 0 Å². The Morgan fingerprint density at radius 1 is 1.33 bits per heavy atom. The van der Waals surface area contributed by atoms with E-state index in [1.807, 2.05) is 0 Å². The summed E-state index contributed by atoms with van der Waals surface area (Å²) in [5.74, 6) is 0.920. The summed E-state index contributed by atoms with van der Waals surface area (Å²) >= 11 is 0. The molecule has 1 rings (SSSR count). The van der Waals surface area contributed by atoms with E-state index in [2.05, 4.69) is 45.1 Å². The van der Waals surface area contributed by atoms with Gasteiger partial charge < -0.3 is 10.2 Å². The molecule has 1 saturated carbocycles. The maximum atomic E-state index is 3.38. The molecule has 1 N–H and O–H groups in total. The molecular formula is C13H28N2. The third-order valence-electron chi connectivity index (χ3n) is 3.85. The van der Waals surface area contributed by atoms with Crippen molar-refractivity contribution in [2.75, 3.05) is 20.6 Å². The largest absolute Gasteiger partial charge is 0.314 e. The second kappa shape index (κ2) is 5.31. The fourth-order valence-electron chi connectivity index (χ4n) is 2.63. The van der Waals surface area contributed by atoms with E-state index in [1.165, 1.54) is 25.7 Å². The second-order valence-corrected chi connectivity index (χ2v) is 5.97. The molecule has 0 saturated heterocycles. The van der Waals surface area contributed by atoms with Crippen LogP contribution < -0.4 is 5.32 Å². The molecule has 0 aliphatic heterocycles. The van der Waals surface area contributed by atoms with Crippen LogP contribution in [0.15, 0.2) is 0 Å². The van der Waals surface area contributed by atoms with E-state index in [-0.39, 0.29) is 5.54 Å². The zero-order valence-corrected chi connectivity index (χ0v) is 11.1. The van der Waals surface area contributed by atoms with Gasteiger partial charge in [0.2, 0.25) is 0 Å². The Labute approximate surface area is 95.4 Å². The molecule has 0 bridgehead atoms. The number of nitrogens with zero attached hydrogens (tertiary/aromatic N) is 1. The molecule has 2 unspecified atom stereocenters. The average Bonchev–Trinajstić information content (AvgIpc) is 2.17. The molecule has 0 amide bonds. The predicted octanol–water partition coefficient (Wildman–Crippen LogP) is 2.49. The van der Waals surface area contributed by atoms with Crippen molar-refractivity contribution >= 4 is 0 Å². The summed E-state index contributed by atoms with van der Waals surface area (Å²) in [6, 6.07) is 0.807. The van der Waals surface area contributed by atoms with Crippen LogP contribution in [0.3, 0.4) is 0 Å². The van der Waals surface area contributed by atoms with Gasteiger partial charge >= 0.3 is 0 Å². The van der Waals surface area contributed by atoms with Crippen molar-refractivity contribution in [3.63, 3.8) is 0 Å². The fourth-order valence-corrected chi connectivity index (χ4v) is 2.63. The maximum absolute atomic E-state index is 3.38. The molecule has 0 radical (unpaired) electrons. The average molecular weight is 212 g/mol. The van der Waals surface area contributed by atoms with Crippen LogP contribution >= 0.6 is 0 Å². The first-order chi connectivity index (χ1) is 6.94. The molecule has 2 heteroatoms. The van der Waals surface area contributed by atoms with Crippen molar-refractivity contribution in [2.24, 2.45) is 5.92 Å². The minimum Gasteiger partial charge on any atom is -0.314 e. The highest BCUT2D eigenvalue weighted by molar-refractivity contribution is 4.84. The zero-order valence-electron chi connectivity index (χ0n) is 11.1. The molecule has 1 aliphatic rings. The molecule has 0 aromatic carbocycles. The minimum absolute atomic E-state index is 0.232. The van der Waals surface area contributed by atoms with E-state index in [1.54, 1.807) is 0 Å². The summed E-state index contributed by atoms with van der Waals surface area (Å²) in [4.78, 5) is 2.55. The number of nitrogens with one attached hydrogen (secondary N) is 1. The van der Waals surface area contributed by atoms with Crippen LogP contribution in [0.2, 0.25) is 0 Å². The van der Waals surface area contributed by atoms with Crippen molar-refractivity contribution < 1.29 is 0 Å². The van der Waals surface area contributed by atoms with Crippen LogP contribution in [0.5, 0.6) is 0 Å². The second-order valence-electron chi connectivity index (χ2n) is 5.97. The van der Waals surface area contributed by atoms with Gasteiger partial charge in [0.25, 0.3) is 0 Å². The summed E-state index contributed by atoms with van der Waals surface area (Å²) in [5, 5.41) is 3.38. The lowest BCUT2D eigenvalue weighted by Crippen LogP contribution is -2.49. The molecule has 2 atom stereocenters. The highest BCUT2D eigenvalue weighted by Gasteiger charge is 2.26. The van der Waals surface area contributed by atoms with Crippen LogP contribution in [-0.2, 0) is 0 Å². The van der Waals surface area contributed by atoms with Crippen LogP contribution in [0.4, 0.5) is 0 Å². The van der Waals surface area contributed by atoms with Crippen molar-refractivity contribution in [2.45, 2.75) is 58.0 Å². The van der Waals surface area contributed by atoms with Gasteiger partial charge in [-0.3, -0.25) is 0 Å². The van der Waals surface area contributed by atoms with Crippen LogP contribution in [0.25, 0.3) is 0 Å². The third-order valence-corrected chi connectivity index (χ3v) is 3.85. The topological polar surface area (TPSA) is 15.3 Å². The molecule has 1 fully saturated rings. The van der Waals surface area contributed by atoms with E-state index >= 15 is 0 Å². The monoisotopic (exact) mass is 212 g/mol. The van der Waals surface area contributed by atoms with Gasteiger partial charge in [0, 0.05) is 18.1 Å². The van der Waals surface area contributed by atoms with Crippen LogP contribution in [-0.4, -0.2) is 37.1 Å². The molecule has 15 heavy (non-hydrogen) atoms. The Morgan fingerprint density at radius 3 is 2.53 bits per heavy atom.